The molecule has 2 aromatic heterocycles. The molecule has 2 aromatic rings. The lowest BCUT2D eigenvalue weighted by atomic mass is 10.2. The Kier molecular flexibility index (Phi) is 4.86. The maximum absolute atomic E-state index is 12.6. The van der Waals surface area contributed by atoms with Crippen LogP contribution in [0.2, 0.25) is 0 Å². The number of halogens is 3. The third kappa shape index (κ3) is 3.83. The number of aryl methyl sites for hydroxylation is 2. The first-order valence-electron chi connectivity index (χ1n) is 6.43. The van der Waals surface area contributed by atoms with E-state index in [1.165, 1.54) is 18.3 Å². The summed E-state index contributed by atoms with van der Waals surface area (Å²) < 4.78 is 37.8. The summed E-state index contributed by atoms with van der Waals surface area (Å²) in [7, 11) is 0. The van der Waals surface area contributed by atoms with Crippen molar-refractivity contribution in [3.8, 4) is 0 Å². The van der Waals surface area contributed by atoms with Gasteiger partial charge in [0.25, 0.3) is 5.91 Å². The monoisotopic (exact) mass is 349 g/mol. The number of amides is 1. The van der Waals surface area contributed by atoms with Gasteiger partial charge >= 0.3 is 6.18 Å². The zero-order valence-electron chi connectivity index (χ0n) is 12.1. The SMILES string of the molecule is Cc1cnc(C(C)CNC(=O)c2sc(C(F)(F)F)nc2C)s1. The molecule has 0 radical (unpaired) electrons. The predicted octanol–water partition coefficient (Wildman–Crippen LogP) is 3.77. The first-order valence-corrected chi connectivity index (χ1v) is 8.07. The van der Waals surface area contributed by atoms with Gasteiger partial charge in [-0.15, -0.1) is 22.7 Å². The molecule has 2 heterocycles. The van der Waals surface area contributed by atoms with Gasteiger partial charge in [0.2, 0.25) is 0 Å². The minimum Gasteiger partial charge on any atom is -0.351 e. The highest BCUT2D eigenvalue weighted by molar-refractivity contribution is 7.14. The second-order valence-corrected chi connectivity index (χ2v) is 7.12. The van der Waals surface area contributed by atoms with E-state index in [-0.39, 0.29) is 16.5 Å². The number of hydrogen-bond acceptors (Lipinski definition) is 5. The number of carbonyl (C=O) groups is 1. The van der Waals surface area contributed by atoms with Crippen molar-refractivity contribution in [3.63, 3.8) is 0 Å². The Labute approximate surface area is 133 Å². The maximum atomic E-state index is 12.6. The van der Waals surface area contributed by atoms with Crippen LogP contribution in [0.5, 0.6) is 0 Å². The van der Waals surface area contributed by atoms with E-state index in [0.717, 1.165) is 9.88 Å². The molecular weight excluding hydrogens is 335 g/mol. The molecule has 9 heteroatoms. The zero-order chi connectivity index (χ0) is 16.5. The molecule has 0 aliphatic rings. The third-order valence-corrected chi connectivity index (χ3v) is 5.22. The molecule has 2 rings (SSSR count). The predicted molar refractivity (Wildman–Crippen MR) is 79.5 cm³/mol. The van der Waals surface area contributed by atoms with Crippen molar-refractivity contribution in [2.24, 2.45) is 0 Å². The Morgan fingerprint density at radius 3 is 2.55 bits per heavy atom. The largest absolute Gasteiger partial charge is 0.443 e. The number of nitrogens with zero attached hydrogens (tertiary/aromatic N) is 2. The Bertz CT molecular complexity index is 678. The van der Waals surface area contributed by atoms with E-state index in [4.69, 9.17) is 0 Å². The second kappa shape index (κ2) is 6.33. The number of alkyl halides is 3. The van der Waals surface area contributed by atoms with Crippen LogP contribution in [0.4, 0.5) is 13.2 Å². The summed E-state index contributed by atoms with van der Waals surface area (Å²) >= 11 is 1.90. The number of hydrogen-bond donors (Lipinski definition) is 1. The van der Waals surface area contributed by atoms with Crippen LogP contribution in [0.25, 0.3) is 0 Å². The summed E-state index contributed by atoms with van der Waals surface area (Å²) in [5.74, 6) is -0.538. The van der Waals surface area contributed by atoms with Gasteiger partial charge in [0, 0.05) is 23.5 Å². The molecule has 0 aliphatic heterocycles. The van der Waals surface area contributed by atoms with Gasteiger partial charge in [0.05, 0.1) is 10.7 Å². The molecule has 120 valence electrons. The molecule has 0 spiro atoms. The number of rotatable bonds is 4. The van der Waals surface area contributed by atoms with Gasteiger partial charge in [0.15, 0.2) is 5.01 Å². The van der Waals surface area contributed by atoms with E-state index in [0.29, 0.717) is 17.9 Å². The van der Waals surface area contributed by atoms with E-state index >= 15 is 0 Å². The van der Waals surface area contributed by atoms with Crippen LogP contribution in [0.1, 0.15) is 43.1 Å². The van der Waals surface area contributed by atoms with Crippen molar-refractivity contribution < 1.29 is 18.0 Å². The smallest absolute Gasteiger partial charge is 0.351 e. The van der Waals surface area contributed by atoms with E-state index in [1.807, 2.05) is 13.8 Å². The molecule has 1 atom stereocenters. The molecule has 0 saturated carbocycles. The molecule has 4 nitrogen and oxygen atoms in total. The first kappa shape index (κ1) is 16.9. The van der Waals surface area contributed by atoms with Crippen LogP contribution in [0.15, 0.2) is 6.20 Å². The minimum absolute atomic E-state index is 0.00189. The summed E-state index contributed by atoms with van der Waals surface area (Å²) in [6, 6.07) is 0. The Morgan fingerprint density at radius 1 is 1.36 bits per heavy atom. The molecule has 22 heavy (non-hydrogen) atoms. The normalized spacial score (nSPS) is 13.2. The molecule has 0 bridgehead atoms. The first-order chi connectivity index (χ1) is 10.2. The number of thiazole rings is 2. The van der Waals surface area contributed by atoms with E-state index < -0.39 is 17.1 Å². The number of nitrogens with one attached hydrogen (secondary N) is 1. The van der Waals surface area contributed by atoms with Gasteiger partial charge in [-0.05, 0) is 13.8 Å². The van der Waals surface area contributed by atoms with Gasteiger partial charge in [-0.1, -0.05) is 6.92 Å². The average Bonchev–Trinajstić information content (AvgIpc) is 3.01. The Balaban J connectivity index is 2.02. The van der Waals surface area contributed by atoms with E-state index in [9.17, 15) is 18.0 Å². The second-order valence-electron chi connectivity index (χ2n) is 4.85. The molecule has 1 N–H and O–H groups in total. The Hall–Kier alpha value is -1.48. The fourth-order valence-corrected chi connectivity index (χ4v) is 3.42. The molecule has 0 aliphatic carbocycles. The van der Waals surface area contributed by atoms with Crippen LogP contribution >= 0.6 is 22.7 Å². The third-order valence-electron chi connectivity index (χ3n) is 2.87. The molecule has 0 aromatic carbocycles. The highest BCUT2D eigenvalue weighted by atomic mass is 32.1. The lowest BCUT2D eigenvalue weighted by molar-refractivity contribution is -0.137. The fraction of sp³-hybridized carbons (Fsp3) is 0.462. The van der Waals surface area contributed by atoms with Crippen molar-refractivity contribution in [2.75, 3.05) is 6.54 Å². The topological polar surface area (TPSA) is 54.9 Å². The standard InChI is InChI=1S/C13H14F3N3OS2/c1-6(11-18-5-7(2)21-11)4-17-10(20)9-8(3)19-12(22-9)13(14,15)16/h5-6H,4H2,1-3H3,(H,17,20). The van der Waals surface area contributed by atoms with Crippen LogP contribution in [0.3, 0.4) is 0 Å². The molecule has 0 fully saturated rings. The van der Waals surface area contributed by atoms with Gasteiger partial charge in [-0.3, -0.25) is 4.79 Å². The summed E-state index contributed by atoms with van der Waals surface area (Å²) in [5, 5.41) is 2.53. The van der Waals surface area contributed by atoms with Crippen LogP contribution in [-0.2, 0) is 6.18 Å². The van der Waals surface area contributed by atoms with Crippen LogP contribution in [0, 0.1) is 13.8 Å². The molecule has 1 amide bonds. The highest BCUT2D eigenvalue weighted by Gasteiger charge is 2.36. The molecule has 0 saturated heterocycles. The van der Waals surface area contributed by atoms with Crippen molar-refractivity contribution in [3.05, 3.63) is 31.7 Å². The van der Waals surface area contributed by atoms with Crippen molar-refractivity contribution in [1.82, 2.24) is 15.3 Å². The summed E-state index contributed by atoms with van der Waals surface area (Å²) in [6.07, 6.45) is -2.78. The fourth-order valence-electron chi connectivity index (χ4n) is 1.74. The van der Waals surface area contributed by atoms with Crippen LogP contribution < -0.4 is 5.32 Å². The van der Waals surface area contributed by atoms with Crippen molar-refractivity contribution >= 4 is 28.6 Å². The van der Waals surface area contributed by atoms with Crippen LogP contribution in [-0.4, -0.2) is 22.4 Å². The number of carbonyl (C=O) groups excluding carboxylic acids is 1. The Morgan fingerprint density at radius 2 is 2.05 bits per heavy atom. The van der Waals surface area contributed by atoms with Gasteiger partial charge in [0.1, 0.15) is 4.88 Å². The van der Waals surface area contributed by atoms with E-state index in [1.54, 1.807) is 6.20 Å². The maximum Gasteiger partial charge on any atom is 0.443 e. The minimum atomic E-state index is -4.53. The van der Waals surface area contributed by atoms with Crippen molar-refractivity contribution in [2.45, 2.75) is 32.9 Å². The summed E-state index contributed by atoms with van der Waals surface area (Å²) in [5.41, 5.74) is 0.0903. The zero-order valence-corrected chi connectivity index (χ0v) is 13.7. The average molecular weight is 349 g/mol. The molecular formula is C13H14F3N3OS2. The van der Waals surface area contributed by atoms with Gasteiger partial charge in [-0.2, -0.15) is 13.2 Å². The van der Waals surface area contributed by atoms with Gasteiger partial charge < -0.3 is 5.32 Å². The van der Waals surface area contributed by atoms with E-state index in [2.05, 4.69) is 15.3 Å². The quantitative estimate of drug-likeness (QED) is 0.914. The number of aromatic nitrogens is 2. The summed E-state index contributed by atoms with van der Waals surface area (Å²) in [6.45, 7) is 5.55. The van der Waals surface area contributed by atoms with Crippen molar-refractivity contribution in [1.29, 1.82) is 0 Å². The molecule has 1 unspecified atom stereocenters. The lowest BCUT2D eigenvalue weighted by Crippen LogP contribution is -2.27. The lowest BCUT2D eigenvalue weighted by Gasteiger charge is -2.09. The highest BCUT2D eigenvalue weighted by Crippen LogP contribution is 2.34. The summed E-state index contributed by atoms with van der Waals surface area (Å²) in [4.78, 5) is 20.7. The van der Waals surface area contributed by atoms with Gasteiger partial charge in [-0.25, -0.2) is 9.97 Å².